The Hall–Kier alpha value is -1.39. The smallest absolute Gasteiger partial charge is 0.543 e. The van der Waals surface area contributed by atoms with Gasteiger partial charge in [0, 0.05) is 29.2 Å². The quantitative estimate of drug-likeness (QED) is 0.395. The molecule has 2 aliphatic heterocycles. The summed E-state index contributed by atoms with van der Waals surface area (Å²) in [6, 6.07) is 3.37. The van der Waals surface area contributed by atoms with Gasteiger partial charge in [-0.05, 0) is 19.1 Å². The van der Waals surface area contributed by atoms with Crippen LogP contribution in [0.5, 0.6) is 0 Å². The van der Waals surface area contributed by atoms with Crippen molar-refractivity contribution in [3.8, 4) is 0 Å². The Balaban J connectivity index is 0.00000225. The van der Waals surface area contributed by atoms with Crippen LogP contribution in [-0.2, 0) is 16.0 Å². The number of imidazole rings is 1. The van der Waals surface area contributed by atoms with Crippen molar-refractivity contribution >= 4 is 29.3 Å². The van der Waals surface area contributed by atoms with Crippen molar-refractivity contribution < 1.29 is 49.4 Å². The molecule has 8 nitrogen and oxygen atoms in total. The summed E-state index contributed by atoms with van der Waals surface area (Å²) in [5, 5.41) is 25.7. The summed E-state index contributed by atoms with van der Waals surface area (Å²) in [5.41, 5.74) is 1.58. The number of rotatable bonds is 6. The van der Waals surface area contributed by atoms with E-state index in [9.17, 15) is 19.8 Å². The molecule has 1 N–H and O–H groups in total. The van der Waals surface area contributed by atoms with Gasteiger partial charge in [0.25, 0.3) is 0 Å². The topological polar surface area (TPSA) is 111 Å². The number of hydrogen-bond donors (Lipinski definition) is 1. The maximum Gasteiger partial charge on any atom is 1.00 e. The number of aliphatic hydroxyl groups excluding tert-OH is 1. The van der Waals surface area contributed by atoms with E-state index in [0.717, 1.165) is 11.3 Å². The zero-order valence-corrected chi connectivity index (χ0v) is 18.7. The van der Waals surface area contributed by atoms with Crippen LogP contribution in [0.4, 0.5) is 0 Å². The Bertz CT molecular complexity index is 927. The first-order chi connectivity index (χ1) is 12.9. The second kappa shape index (κ2) is 8.16. The fourth-order valence-electron chi connectivity index (χ4n) is 3.97. The number of carbonyl (C=O) groups is 2. The molecule has 0 aliphatic carbocycles. The number of fused-ring (bicyclic) bond motifs is 2. The van der Waals surface area contributed by atoms with E-state index < -0.39 is 18.0 Å². The molecule has 0 spiro atoms. The Morgan fingerprint density at radius 2 is 2.21 bits per heavy atom. The molecular weight excluding hydrogens is 391 g/mol. The molecule has 1 amide bonds. The maximum atomic E-state index is 12.3. The van der Waals surface area contributed by atoms with Crippen LogP contribution in [0.1, 0.15) is 19.5 Å². The number of hydrogen-bond acceptors (Lipinski definition) is 7. The van der Waals surface area contributed by atoms with Gasteiger partial charge in [-0.2, -0.15) is 5.10 Å². The minimum absolute atomic E-state index is 0. The molecule has 1 fully saturated rings. The molecule has 0 aromatic carbocycles. The van der Waals surface area contributed by atoms with Gasteiger partial charge in [0.15, 0.2) is 5.65 Å². The van der Waals surface area contributed by atoms with E-state index in [1.54, 1.807) is 17.6 Å². The molecule has 0 radical (unpaired) electrons. The average Bonchev–Trinajstić information content (AvgIpc) is 3.12. The van der Waals surface area contributed by atoms with E-state index in [2.05, 4.69) is 10.1 Å². The van der Waals surface area contributed by atoms with Gasteiger partial charge in [-0.3, -0.25) is 4.79 Å². The third kappa shape index (κ3) is 3.39. The molecule has 4 heterocycles. The number of carbonyl (C=O) groups excluding carboxylic acids is 2. The fourth-order valence-corrected chi connectivity index (χ4v) is 5.22. The summed E-state index contributed by atoms with van der Waals surface area (Å²) in [7, 11) is 0. The van der Waals surface area contributed by atoms with Crippen LogP contribution in [0.3, 0.4) is 0 Å². The van der Waals surface area contributed by atoms with Crippen LogP contribution in [-0.4, -0.2) is 54.4 Å². The summed E-state index contributed by atoms with van der Waals surface area (Å²) >= 11 is 1.41. The molecule has 10 heteroatoms. The van der Waals surface area contributed by atoms with Gasteiger partial charge >= 0.3 is 29.6 Å². The normalized spacial score (nSPS) is 24.8. The maximum absolute atomic E-state index is 12.3. The second-order valence-corrected chi connectivity index (χ2v) is 8.05. The molecular formula is C18H19N4NaO4S. The van der Waals surface area contributed by atoms with E-state index in [1.165, 1.54) is 16.7 Å². The van der Waals surface area contributed by atoms with E-state index in [0.29, 0.717) is 17.1 Å². The van der Waals surface area contributed by atoms with Gasteiger partial charge in [0.2, 0.25) is 5.91 Å². The van der Waals surface area contributed by atoms with E-state index in [1.807, 2.05) is 25.3 Å². The number of β-lactam (4-membered cyclic amide) rings is 1. The molecule has 4 atom stereocenters. The summed E-state index contributed by atoms with van der Waals surface area (Å²) in [5.74, 6) is -1.78. The number of aliphatic carboxylic acids is 1. The monoisotopic (exact) mass is 410 g/mol. The molecule has 0 unspecified atom stereocenters. The fraction of sp³-hybridized carbons (Fsp3) is 0.444. The number of amides is 1. The zero-order valence-electron chi connectivity index (χ0n) is 15.9. The Morgan fingerprint density at radius 3 is 2.86 bits per heavy atom. The van der Waals surface area contributed by atoms with E-state index in [-0.39, 0.29) is 53.1 Å². The average molecular weight is 410 g/mol. The molecule has 0 bridgehead atoms. The number of thioether (sulfide) groups is 1. The van der Waals surface area contributed by atoms with Crippen molar-refractivity contribution in [3.05, 3.63) is 40.8 Å². The zero-order chi connectivity index (χ0) is 19.3. The molecule has 142 valence electrons. The number of aromatic nitrogens is 3. The third-order valence-corrected chi connectivity index (χ3v) is 6.49. The molecule has 2 aromatic heterocycles. The van der Waals surface area contributed by atoms with Crippen molar-refractivity contribution in [2.75, 3.05) is 5.75 Å². The third-order valence-electron chi connectivity index (χ3n) is 5.20. The van der Waals surface area contributed by atoms with Crippen LogP contribution < -0.4 is 34.7 Å². The van der Waals surface area contributed by atoms with Crippen molar-refractivity contribution in [2.45, 2.75) is 32.4 Å². The number of nitrogens with zero attached hydrogens (tertiary/aromatic N) is 4. The minimum atomic E-state index is -1.35. The molecule has 0 saturated carbocycles. The van der Waals surface area contributed by atoms with Gasteiger partial charge in [-0.15, -0.1) is 11.8 Å². The second-order valence-electron chi connectivity index (χ2n) is 6.91. The minimum Gasteiger partial charge on any atom is -0.543 e. The molecule has 2 aromatic rings. The predicted octanol–water partition coefficient (Wildman–Crippen LogP) is -3.17. The van der Waals surface area contributed by atoms with Crippen LogP contribution in [0, 0.1) is 11.8 Å². The van der Waals surface area contributed by atoms with Gasteiger partial charge in [-0.1, -0.05) is 6.92 Å². The van der Waals surface area contributed by atoms with Gasteiger partial charge < -0.3 is 19.9 Å². The Kier molecular flexibility index (Phi) is 6.21. The van der Waals surface area contributed by atoms with Crippen LogP contribution in [0.2, 0.25) is 0 Å². The van der Waals surface area contributed by atoms with Crippen molar-refractivity contribution in [3.63, 3.8) is 0 Å². The first kappa shape index (κ1) is 21.3. The molecule has 28 heavy (non-hydrogen) atoms. The predicted molar refractivity (Wildman–Crippen MR) is 96.2 cm³/mol. The summed E-state index contributed by atoms with van der Waals surface area (Å²) in [4.78, 5) is 30.4. The van der Waals surface area contributed by atoms with E-state index >= 15 is 0 Å². The van der Waals surface area contributed by atoms with Crippen LogP contribution in [0.15, 0.2) is 35.1 Å². The SMILES string of the molecule is C[C@@H](O)[C@H]1C(=O)N2C(C(=O)[O-])=C(SCCc3cn4ncccc4n3)[C@H](C)[C@H]12.[Na+]. The Labute approximate surface area is 188 Å². The summed E-state index contributed by atoms with van der Waals surface area (Å²) < 4.78 is 1.70. The molecule has 1 saturated heterocycles. The van der Waals surface area contributed by atoms with Crippen LogP contribution in [0.25, 0.3) is 5.65 Å². The van der Waals surface area contributed by atoms with Crippen molar-refractivity contribution in [2.24, 2.45) is 11.8 Å². The summed E-state index contributed by atoms with van der Waals surface area (Å²) in [6.45, 7) is 3.46. The number of aryl methyl sites for hydroxylation is 1. The largest absolute Gasteiger partial charge is 1.00 e. The first-order valence-electron chi connectivity index (χ1n) is 8.79. The Morgan fingerprint density at radius 1 is 1.46 bits per heavy atom. The van der Waals surface area contributed by atoms with E-state index in [4.69, 9.17) is 0 Å². The summed E-state index contributed by atoms with van der Waals surface area (Å²) in [6.07, 6.45) is 3.37. The van der Waals surface area contributed by atoms with Crippen LogP contribution >= 0.6 is 11.8 Å². The standard InChI is InChI=1S/C18H20N4O4S.Na/c1-9-14-13(10(2)23)17(24)22(14)15(18(25)26)16(9)27-7-5-11-8-21-12(20-11)4-3-6-19-21;/h3-4,6,8-10,13-14,23H,5,7H2,1-2H3,(H,25,26);/q;+1/p-1/t9-,10-,13-,14-;/m1./s1. The first-order valence-corrected chi connectivity index (χ1v) is 9.77. The van der Waals surface area contributed by atoms with Crippen molar-refractivity contribution in [1.82, 2.24) is 19.5 Å². The number of carboxylic acids is 1. The van der Waals surface area contributed by atoms with Gasteiger partial charge in [0.1, 0.15) is 0 Å². The number of carboxylic acid groups (broad SMARTS) is 1. The number of aliphatic hydroxyl groups is 1. The van der Waals surface area contributed by atoms with Crippen molar-refractivity contribution in [1.29, 1.82) is 0 Å². The van der Waals surface area contributed by atoms with Gasteiger partial charge in [0.05, 0.1) is 41.6 Å². The molecule has 2 aliphatic rings. The molecule has 4 rings (SSSR count). The van der Waals surface area contributed by atoms with Gasteiger partial charge in [-0.25, -0.2) is 9.50 Å².